The number of carbonyl (C=O) groups excluding carboxylic acids is 2. The van der Waals surface area contributed by atoms with E-state index >= 15 is 0 Å². The Bertz CT molecular complexity index is 501. The van der Waals surface area contributed by atoms with E-state index in [-0.39, 0.29) is 0 Å². The fraction of sp³-hybridized carbons (Fsp3) is 0.231. The largest absolute Gasteiger partial charge is 0.318 e. The van der Waals surface area contributed by atoms with Gasteiger partial charge in [-0.15, -0.1) is 0 Å². The van der Waals surface area contributed by atoms with Gasteiger partial charge in [0.2, 0.25) is 0 Å². The van der Waals surface area contributed by atoms with Gasteiger partial charge in [-0.2, -0.15) is 0 Å². The van der Waals surface area contributed by atoms with Crippen LogP contribution in [0.15, 0.2) is 29.8 Å². The highest BCUT2D eigenvalue weighted by molar-refractivity contribution is 6.52. The molecule has 82 valence electrons. The Hall–Kier alpha value is -1.90. The minimum Gasteiger partial charge on any atom is -0.318 e. The topological polar surface area (TPSA) is 46.2 Å². The molecule has 3 nitrogen and oxygen atoms in total. The lowest BCUT2D eigenvalue weighted by atomic mass is 9.98. The van der Waals surface area contributed by atoms with Crippen LogP contribution in [0.4, 0.5) is 5.69 Å². The first-order chi connectivity index (χ1) is 7.63. The summed E-state index contributed by atoms with van der Waals surface area (Å²) in [5, 5.41) is 2.57. The minimum atomic E-state index is -0.527. The molecule has 1 aliphatic heterocycles. The molecular weight excluding hydrogens is 202 g/mol. The quantitative estimate of drug-likeness (QED) is 0.608. The van der Waals surface area contributed by atoms with Crippen LogP contribution in [0.2, 0.25) is 0 Å². The molecule has 1 N–H and O–H groups in total. The molecule has 1 aromatic rings. The zero-order valence-electron chi connectivity index (χ0n) is 9.33. The first kappa shape index (κ1) is 10.6. The van der Waals surface area contributed by atoms with E-state index in [4.69, 9.17) is 0 Å². The molecule has 0 fully saturated rings. The van der Waals surface area contributed by atoms with E-state index in [1.165, 1.54) is 5.57 Å². The van der Waals surface area contributed by atoms with Gasteiger partial charge in [0.15, 0.2) is 0 Å². The highest BCUT2D eigenvalue weighted by atomic mass is 16.2. The summed E-state index contributed by atoms with van der Waals surface area (Å²) in [5.74, 6) is -0.949. The van der Waals surface area contributed by atoms with E-state index in [0.29, 0.717) is 17.7 Å². The maximum Gasteiger partial charge on any atom is 0.296 e. The number of amides is 1. The fourth-order valence-corrected chi connectivity index (χ4v) is 1.81. The van der Waals surface area contributed by atoms with Gasteiger partial charge < -0.3 is 5.32 Å². The van der Waals surface area contributed by atoms with Crippen molar-refractivity contribution in [1.82, 2.24) is 0 Å². The third-order valence-corrected chi connectivity index (χ3v) is 2.79. The maximum absolute atomic E-state index is 11.7. The van der Waals surface area contributed by atoms with Crippen LogP contribution in [0.1, 0.15) is 29.8 Å². The number of hydrogen-bond acceptors (Lipinski definition) is 2. The summed E-state index contributed by atoms with van der Waals surface area (Å²) in [5.41, 5.74) is 3.27. The SMILES string of the molecule is CC=C(C)Cc1cccc2c1C(=O)C(=O)N2. The molecule has 16 heavy (non-hydrogen) atoms. The number of nitrogens with one attached hydrogen (secondary N) is 1. The van der Waals surface area contributed by atoms with Gasteiger partial charge in [-0.1, -0.05) is 23.8 Å². The fourth-order valence-electron chi connectivity index (χ4n) is 1.81. The standard InChI is InChI=1S/C13H13NO2/c1-3-8(2)7-9-5-4-6-10-11(9)12(15)13(16)14-10/h3-6H,7H2,1-2H3,(H,14,15,16). The normalized spacial score (nSPS) is 15.0. The average molecular weight is 215 g/mol. The Morgan fingerprint density at radius 3 is 2.81 bits per heavy atom. The molecule has 0 unspecified atom stereocenters. The van der Waals surface area contributed by atoms with Crippen LogP contribution >= 0.6 is 0 Å². The van der Waals surface area contributed by atoms with E-state index < -0.39 is 11.7 Å². The van der Waals surface area contributed by atoms with Gasteiger partial charge in [-0.25, -0.2) is 0 Å². The molecule has 0 spiro atoms. The van der Waals surface area contributed by atoms with Crippen LogP contribution < -0.4 is 5.32 Å². The Labute approximate surface area is 94.2 Å². The van der Waals surface area contributed by atoms with Crippen molar-refractivity contribution in [3.63, 3.8) is 0 Å². The Balaban J connectivity index is 2.46. The van der Waals surface area contributed by atoms with Crippen LogP contribution in [0.5, 0.6) is 0 Å². The van der Waals surface area contributed by atoms with E-state index in [9.17, 15) is 9.59 Å². The summed E-state index contributed by atoms with van der Waals surface area (Å²) in [6.07, 6.45) is 2.72. The number of fused-ring (bicyclic) bond motifs is 1. The third kappa shape index (κ3) is 1.65. The van der Waals surface area contributed by atoms with Crippen molar-refractivity contribution in [2.45, 2.75) is 20.3 Å². The van der Waals surface area contributed by atoms with Crippen molar-refractivity contribution in [3.8, 4) is 0 Å². The molecule has 1 aliphatic rings. The smallest absolute Gasteiger partial charge is 0.296 e. The second-order valence-electron chi connectivity index (χ2n) is 3.93. The second-order valence-corrected chi connectivity index (χ2v) is 3.93. The van der Waals surface area contributed by atoms with Crippen LogP contribution in [-0.4, -0.2) is 11.7 Å². The van der Waals surface area contributed by atoms with Crippen molar-refractivity contribution in [2.24, 2.45) is 0 Å². The molecule has 0 aliphatic carbocycles. The van der Waals surface area contributed by atoms with Crippen molar-refractivity contribution in [3.05, 3.63) is 41.0 Å². The zero-order chi connectivity index (χ0) is 11.7. The van der Waals surface area contributed by atoms with Crippen LogP contribution in [-0.2, 0) is 11.2 Å². The monoisotopic (exact) mass is 215 g/mol. The molecule has 1 amide bonds. The molecule has 3 heteroatoms. The van der Waals surface area contributed by atoms with Gasteiger partial charge >= 0.3 is 0 Å². The zero-order valence-corrected chi connectivity index (χ0v) is 9.33. The number of anilines is 1. The highest BCUT2D eigenvalue weighted by Crippen LogP contribution is 2.27. The van der Waals surface area contributed by atoms with E-state index in [1.54, 1.807) is 6.07 Å². The van der Waals surface area contributed by atoms with E-state index in [2.05, 4.69) is 5.32 Å². The van der Waals surface area contributed by atoms with Crippen LogP contribution in [0.25, 0.3) is 0 Å². The predicted octanol–water partition coefficient (Wildman–Crippen LogP) is 2.33. The summed E-state index contributed by atoms with van der Waals surface area (Å²) < 4.78 is 0. The first-order valence-electron chi connectivity index (χ1n) is 5.23. The molecule has 0 saturated heterocycles. The number of ketones is 1. The number of benzene rings is 1. The lowest BCUT2D eigenvalue weighted by molar-refractivity contribution is -0.112. The van der Waals surface area contributed by atoms with Crippen molar-refractivity contribution < 1.29 is 9.59 Å². The molecule has 0 saturated carbocycles. The molecule has 0 atom stereocenters. The highest BCUT2D eigenvalue weighted by Gasteiger charge is 2.29. The predicted molar refractivity (Wildman–Crippen MR) is 62.5 cm³/mol. The minimum absolute atomic E-state index is 0.422. The second kappa shape index (κ2) is 3.93. The molecule has 1 heterocycles. The van der Waals surface area contributed by atoms with E-state index in [1.807, 2.05) is 32.1 Å². The van der Waals surface area contributed by atoms with E-state index in [0.717, 1.165) is 5.56 Å². The van der Waals surface area contributed by atoms with Crippen molar-refractivity contribution in [1.29, 1.82) is 0 Å². The molecule has 2 rings (SSSR count). The first-order valence-corrected chi connectivity index (χ1v) is 5.23. The van der Waals surface area contributed by atoms with Crippen molar-refractivity contribution >= 4 is 17.4 Å². The number of hydrogen-bond donors (Lipinski definition) is 1. The van der Waals surface area contributed by atoms with Gasteiger partial charge in [-0.05, 0) is 31.9 Å². The van der Waals surface area contributed by atoms with Gasteiger partial charge in [0.25, 0.3) is 11.7 Å². The van der Waals surface area contributed by atoms with Crippen molar-refractivity contribution in [2.75, 3.05) is 5.32 Å². The summed E-state index contributed by atoms with van der Waals surface area (Å²) in [6, 6.07) is 5.51. The Morgan fingerprint density at radius 2 is 2.12 bits per heavy atom. The maximum atomic E-state index is 11.7. The third-order valence-electron chi connectivity index (χ3n) is 2.79. The summed E-state index contributed by atoms with van der Waals surface area (Å²) >= 11 is 0. The molecule has 1 aromatic carbocycles. The number of Topliss-reactive ketones (excluding diaryl/α,β-unsaturated/α-hetero) is 1. The summed E-state index contributed by atoms with van der Waals surface area (Å²) in [4.78, 5) is 22.9. The summed E-state index contributed by atoms with van der Waals surface area (Å²) in [7, 11) is 0. The number of carbonyl (C=O) groups is 2. The average Bonchev–Trinajstić information content (AvgIpc) is 2.56. The molecule has 0 aromatic heterocycles. The molecular formula is C13H13NO2. The lowest BCUT2D eigenvalue weighted by Crippen LogP contribution is -2.13. The van der Waals surface area contributed by atoms with Gasteiger partial charge in [0, 0.05) is 0 Å². The summed E-state index contributed by atoms with van der Waals surface area (Å²) in [6.45, 7) is 3.97. The van der Waals surface area contributed by atoms with Crippen LogP contribution in [0.3, 0.4) is 0 Å². The Kier molecular flexibility index (Phi) is 2.60. The number of rotatable bonds is 2. The van der Waals surface area contributed by atoms with Gasteiger partial charge in [0.05, 0.1) is 11.3 Å². The van der Waals surface area contributed by atoms with Crippen LogP contribution in [0, 0.1) is 0 Å². The molecule has 0 radical (unpaired) electrons. The van der Waals surface area contributed by atoms with Gasteiger partial charge in [-0.3, -0.25) is 9.59 Å². The Morgan fingerprint density at radius 1 is 1.38 bits per heavy atom. The van der Waals surface area contributed by atoms with Gasteiger partial charge in [0.1, 0.15) is 0 Å². The number of allylic oxidation sites excluding steroid dienone is 2. The lowest BCUT2D eigenvalue weighted by Gasteiger charge is -2.05. The molecule has 0 bridgehead atoms.